The second-order valence-corrected chi connectivity index (χ2v) is 11.7. The van der Waals surface area contributed by atoms with Crippen molar-refractivity contribution in [3.8, 4) is 0 Å². The van der Waals surface area contributed by atoms with Gasteiger partial charge in [-0.15, -0.1) is 0 Å². The van der Waals surface area contributed by atoms with Gasteiger partial charge in [-0.1, -0.05) is 0 Å². The second-order valence-electron chi connectivity index (χ2n) is 9.69. The first-order chi connectivity index (χ1) is 13.5. The Morgan fingerprint density at radius 2 is 1.86 bits per heavy atom. The van der Waals surface area contributed by atoms with Crippen molar-refractivity contribution in [1.29, 1.82) is 0 Å². The van der Waals surface area contributed by atoms with Crippen LogP contribution in [-0.2, 0) is 14.8 Å². The molecule has 29 heavy (non-hydrogen) atoms. The zero-order chi connectivity index (χ0) is 21.1. The van der Waals surface area contributed by atoms with Crippen LogP contribution in [0.4, 0.5) is 4.79 Å². The Balaban J connectivity index is 1.50. The number of hydrogen-bond acceptors (Lipinski definition) is 6. The maximum Gasteiger partial charge on any atom is 0.326 e. The first-order valence-electron chi connectivity index (χ1n) is 10.6. The highest BCUT2D eigenvalue weighted by atomic mass is 32.2. The molecule has 0 aromatic carbocycles. The van der Waals surface area contributed by atoms with Gasteiger partial charge in [0.1, 0.15) is 0 Å². The number of imide groups is 1. The molecule has 2 saturated heterocycles. The van der Waals surface area contributed by atoms with Crippen molar-refractivity contribution in [2.45, 2.75) is 81.3 Å². The SMILES string of the molecule is CC1CC(CN2C(=O)C3CC(S(=O)(=O)NC4(C)CC4)CCC3N(C)C2=O)N(C)N1. The van der Waals surface area contributed by atoms with Crippen molar-refractivity contribution < 1.29 is 18.0 Å². The maximum absolute atomic E-state index is 13.3. The van der Waals surface area contributed by atoms with Crippen LogP contribution < -0.4 is 10.1 Å². The molecule has 2 heterocycles. The minimum absolute atomic E-state index is 0.0578. The molecule has 10 heteroatoms. The molecule has 164 valence electrons. The van der Waals surface area contributed by atoms with Crippen molar-refractivity contribution in [2.75, 3.05) is 20.6 Å². The maximum atomic E-state index is 13.3. The van der Waals surface area contributed by atoms with Gasteiger partial charge in [0.25, 0.3) is 0 Å². The standard InChI is InChI=1S/C19H33N5O4S/c1-12-9-13(23(4)20-12)11-24-17(25)15-10-14(5-6-16(15)22(3)18(24)26)29(27,28)21-19(2)7-8-19/h12-16,20-21H,5-11H2,1-4H3. The van der Waals surface area contributed by atoms with Crippen molar-refractivity contribution >= 4 is 22.0 Å². The topological polar surface area (TPSA) is 102 Å². The van der Waals surface area contributed by atoms with E-state index in [2.05, 4.69) is 17.1 Å². The molecule has 4 rings (SSSR count). The largest absolute Gasteiger partial charge is 0.326 e. The Morgan fingerprint density at radius 1 is 1.17 bits per heavy atom. The molecule has 9 nitrogen and oxygen atoms in total. The summed E-state index contributed by atoms with van der Waals surface area (Å²) in [6.45, 7) is 4.32. The number of fused-ring (bicyclic) bond motifs is 1. The summed E-state index contributed by atoms with van der Waals surface area (Å²) in [5.74, 6) is -0.680. The number of carbonyl (C=O) groups excluding carboxylic acids is 2. The summed E-state index contributed by atoms with van der Waals surface area (Å²) >= 11 is 0. The average molecular weight is 428 g/mol. The van der Waals surface area contributed by atoms with Crippen molar-refractivity contribution in [3.63, 3.8) is 0 Å². The van der Waals surface area contributed by atoms with Crippen LogP contribution in [0.25, 0.3) is 0 Å². The fourth-order valence-corrected chi connectivity index (χ4v) is 7.08. The van der Waals surface area contributed by atoms with Crippen LogP contribution in [0, 0.1) is 5.92 Å². The lowest BCUT2D eigenvalue weighted by molar-refractivity contribution is -0.140. The Labute approximate surface area is 173 Å². The molecular formula is C19H33N5O4S. The Hall–Kier alpha value is -1.23. The quantitative estimate of drug-likeness (QED) is 0.662. The molecule has 2 N–H and O–H groups in total. The molecular weight excluding hydrogens is 394 g/mol. The van der Waals surface area contributed by atoms with E-state index in [1.807, 2.05) is 19.0 Å². The zero-order valence-corrected chi connectivity index (χ0v) is 18.5. The number of nitrogens with one attached hydrogen (secondary N) is 2. The van der Waals surface area contributed by atoms with Crippen LogP contribution in [0.5, 0.6) is 0 Å². The van der Waals surface area contributed by atoms with Crippen LogP contribution in [0.3, 0.4) is 0 Å². The van der Waals surface area contributed by atoms with Crippen LogP contribution in [0.1, 0.15) is 52.4 Å². The minimum Gasteiger partial charge on any atom is -0.324 e. The monoisotopic (exact) mass is 427 g/mol. The summed E-state index contributed by atoms with van der Waals surface area (Å²) < 4.78 is 28.6. The third-order valence-electron chi connectivity index (χ3n) is 7.20. The number of nitrogens with zero attached hydrogens (tertiary/aromatic N) is 3. The normalized spacial score (nSPS) is 37.7. The summed E-state index contributed by atoms with van der Waals surface area (Å²) in [5, 5.41) is 1.38. The van der Waals surface area contributed by atoms with Crippen molar-refractivity contribution in [1.82, 2.24) is 25.0 Å². The number of sulfonamides is 1. The van der Waals surface area contributed by atoms with Gasteiger partial charge in [-0.05, 0) is 52.4 Å². The first kappa shape index (κ1) is 21.0. The van der Waals surface area contributed by atoms with Gasteiger partial charge in [0.15, 0.2) is 0 Å². The molecule has 0 spiro atoms. The molecule has 5 unspecified atom stereocenters. The molecule has 0 aromatic rings. The molecule has 4 aliphatic rings. The predicted molar refractivity (Wildman–Crippen MR) is 108 cm³/mol. The first-order valence-corrected chi connectivity index (χ1v) is 12.2. The number of rotatable bonds is 5. The van der Waals surface area contributed by atoms with Crippen LogP contribution >= 0.6 is 0 Å². The van der Waals surface area contributed by atoms with Gasteiger partial charge in [0.05, 0.1) is 11.2 Å². The fourth-order valence-electron chi connectivity index (χ4n) is 5.12. The summed E-state index contributed by atoms with van der Waals surface area (Å²) in [4.78, 5) is 29.2. The molecule has 2 saturated carbocycles. The van der Waals surface area contributed by atoms with E-state index in [4.69, 9.17) is 0 Å². The van der Waals surface area contributed by atoms with Gasteiger partial charge in [-0.25, -0.2) is 22.9 Å². The predicted octanol–water partition coefficient (Wildman–Crippen LogP) is 0.487. The highest BCUT2D eigenvalue weighted by Crippen LogP contribution is 2.39. The van der Waals surface area contributed by atoms with Gasteiger partial charge < -0.3 is 4.90 Å². The highest BCUT2D eigenvalue weighted by molar-refractivity contribution is 7.90. The lowest BCUT2D eigenvalue weighted by atomic mass is 9.81. The summed E-state index contributed by atoms with van der Waals surface area (Å²) in [6.07, 6.45) is 3.86. The molecule has 5 atom stereocenters. The minimum atomic E-state index is -3.48. The molecule has 2 aliphatic carbocycles. The molecule has 0 bridgehead atoms. The van der Waals surface area contributed by atoms with E-state index in [1.165, 1.54) is 4.90 Å². The van der Waals surface area contributed by atoms with Gasteiger partial charge in [0, 0.05) is 44.3 Å². The van der Waals surface area contributed by atoms with Gasteiger partial charge in [0.2, 0.25) is 15.9 Å². The molecule has 2 aliphatic heterocycles. The summed E-state index contributed by atoms with van der Waals surface area (Å²) in [7, 11) is 0.175. The summed E-state index contributed by atoms with van der Waals surface area (Å²) in [6, 6.07) is -0.131. The number of hydrogen-bond donors (Lipinski definition) is 2. The van der Waals surface area contributed by atoms with Crippen LogP contribution in [0.2, 0.25) is 0 Å². The second kappa shape index (κ2) is 7.18. The number of carbonyl (C=O) groups is 2. The Kier molecular flexibility index (Phi) is 5.20. The Bertz CT molecular complexity index is 798. The number of likely N-dealkylation sites (N-methyl/N-ethyl adjacent to an activating group) is 1. The molecule has 4 fully saturated rings. The van der Waals surface area contributed by atoms with E-state index in [1.54, 1.807) is 11.9 Å². The lowest BCUT2D eigenvalue weighted by Gasteiger charge is -2.47. The highest BCUT2D eigenvalue weighted by Gasteiger charge is 2.51. The fraction of sp³-hybridized carbons (Fsp3) is 0.895. The number of hydrazine groups is 1. The van der Waals surface area contributed by atoms with E-state index >= 15 is 0 Å². The third-order valence-corrected chi connectivity index (χ3v) is 9.28. The van der Waals surface area contributed by atoms with Crippen LogP contribution in [0.15, 0.2) is 0 Å². The smallest absolute Gasteiger partial charge is 0.324 e. The van der Waals surface area contributed by atoms with E-state index in [9.17, 15) is 18.0 Å². The van der Waals surface area contributed by atoms with Gasteiger partial charge >= 0.3 is 6.03 Å². The number of urea groups is 1. The van der Waals surface area contributed by atoms with E-state index in [-0.39, 0.29) is 36.0 Å². The Morgan fingerprint density at radius 3 is 2.45 bits per heavy atom. The molecule has 0 aromatic heterocycles. The van der Waals surface area contributed by atoms with Gasteiger partial charge in [-0.3, -0.25) is 15.1 Å². The molecule has 3 amide bonds. The lowest BCUT2D eigenvalue weighted by Crippen LogP contribution is -2.64. The van der Waals surface area contributed by atoms with E-state index in [0.717, 1.165) is 19.3 Å². The zero-order valence-electron chi connectivity index (χ0n) is 17.7. The van der Waals surface area contributed by atoms with Gasteiger partial charge in [-0.2, -0.15) is 0 Å². The average Bonchev–Trinajstić information content (AvgIpc) is 3.27. The van der Waals surface area contributed by atoms with E-state index < -0.39 is 21.2 Å². The van der Waals surface area contributed by atoms with Crippen molar-refractivity contribution in [2.24, 2.45) is 5.92 Å². The van der Waals surface area contributed by atoms with E-state index in [0.29, 0.717) is 25.4 Å². The van der Waals surface area contributed by atoms with Crippen LogP contribution in [-0.4, -0.2) is 84.7 Å². The summed E-state index contributed by atoms with van der Waals surface area (Å²) in [5.41, 5.74) is 2.97. The van der Waals surface area contributed by atoms with Crippen molar-refractivity contribution in [3.05, 3.63) is 0 Å². The molecule has 0 radical (unpaired) electrons. The third kappa shape index (κ3) is 3.92. The number of amides is 3.